The van der Waals surface area contributed by atoms with E-state index in [-0.39, 0.29) is 0 Å². The number of nitrogens with zero attached hydrogens (tertiary/aromatic N) is 1. The Morgan fingerprint density at radius 3 is 2.80 bits per heavy atom. The van der Waals surface area contributed by atoms with Crippen LogP contribution in [0.5, 0.6) is 0 Å². The molecule has 0 N–H and O–H groups in total. The predicted octanol–water partition coefficient (Wildman–Crippen LogP) is 4.70. The molecule has 2 rings (SSSR count). The van der Waals surface area contributed by atoms with E-state index in [1.165, 1.54) is 18.6 Å². The van der Waals surface area contributed by atoms with E-state index in [1.807, 2.05) is 0 Å². The van der Waals surface area contributed by atoms with Gasteiger partial charge in [-0.15, -0.1) is 0 Å². The smallest absolute Gasteiger partial charge is 0.299 e. The third-order valence-corrected chi connectivity index (χ3v) is 4.24. The van der Waals surface area contributed by atoms with Crippen LogP contribution in [-0.4, -0.2) is 23.3 Å². The molecule has 1 fully saturated rings. The fraction of sp³-hybridized carbons (Fsp3) is 0.600. The summed E-state index contributed by atoms with van der Waals surface area (Å²) in [5.74, 6) is 0.661. The highest BCUT2D eigenvalue weighted by Crippen LogP contribution is 2.30. The van der Waals surface area contributed by atoms with Crippen molar-refractivity contribution in [3.8, 4) is 0 Å². The summed E-state index contributed by atoms with van der Waals surface area (Å²) >= 11 is 3.46. The van der Waals surface area contributed by atoms with Gasteiger partial charge in [-0.1, -0.05) is 34.1 Å². The van der Waals surface area contributed by atoms with Crippen molar-refractivity contribution in [1.29, 1.82) is 0 Å². The zero-order valence-corrected chi connectivity index (χ0v) is 12.9. The number of benzene rings is 1. The van der Waals surface area contributed by atoms with Crippen LogP contribution in [0.25, 0.3) is 0 Å². The lowest BCUT2D eigenvalue weighted by Crippen LogP contribution is -2.35. The average Bonchev–Trinajstić information content (AvgIpc) is 2.39. The number of alkyl halides is 4. The van der Waals surface area contributed by atoms with E-state index >= 15 is 0 Å². The van der Waals surface area contributed by atoms with Gasteiger partial charge in [0.15, 0.2) is 0 Å². The summed E-state index contributed by atoms with van der Waals surface area (Å²) in [6.45, 7) is 2.58. The second kappa shape index (κ2) is 6.94. The van der Waals surface area contributed by atoms with E-state index in [1.54, 1.807) is 6.07 Å². The molecule has 1 aromatic rings. The first-order chi connectivity index (χ1) is 9.49. The molecular weight excluding hydrogens is 331 g/mol. The molecule has 1 nitrogen and oxygen atoms in total. The van der Waals surface area contributed by atoms with Crippen LogP contribution in [0, 0.1) is 5.92 Å². The lowest BCUT2D eigenvalue weighted by Gasteiger charge is -2.32. The average molecular weight is 350 g/mol. The second-order valence-electron chi connectivity index (χ2n) is 5.42. The molecule has 0 radical (unpaired) electrons. The zero-order valence-electron chi connectivity index (χ0n) is 11.3. The molecule has 0 aromatic heterocycles. The van der Waals surface area contributed by atoms with Crippen LogP contribution in [0.4, 0.5) is 13.2 Å². The molecule has 1 aliphatic rings. The van der Waals surface area contributed by atoms with Gasteiger partial charge in [0, 0.05) is 18.4 Å². The highest BCUT2D eigenvalue weighted by Gasteiger charge is 2.30. The maximum absolute atomic E-state index is 12.7. The molecule has 0 aliphatic carbocycles. The van der Waals surface area contributed by atoms with Gasteiger partial charge in [0.2, 0.25) is 0 Å². The standard InChI is InChI=1S/C15H19BrF3N/c16-7-6-12-4-2-8-20(10-12)11-13-3-1-5-14(9-13)15(17,18)19/h1,3,5,9,12H,2,4,6-8,10-11H2. The predicted molar refractivity (Wildman–Crippen MR) is 77.9 cm³/mol. The van der Waals surface area contributed by atoms with Gasteiger partial charge < -0.3 is 0 Å². The van der Waals surface area contributed by atoms with Crippen LogP contribution in [0.2, 0.25) is 0 Å². The summed E-state index contributed by atoms with van der Waals surface area (Å²) in [5.41, 5.74) is 0.198. The molecule has 1 aromatic carbocycles. The Kier molecular flexibility index (Phi) is 5.49. The van der Waals surface area contributed by atoms with E-state index in [0.717, 1.165) is 42.9 Å². The lowest BCUT2D eigenvalue weighted by atomic mass is 9.95. The first-order valence-electron chi connectivity index (χ1n) is 6.93. The molecule has 0 amide bonds. The van der Waals surface area contributed by atoms with Crippen LogP contribution >= 0.6 is 15.9 Å². The molecule has 1 saturated heterocycles. The quantitative estimate of drug-likeness (QED) is 0.712. The Hall–Kier alpha value is -0.550. The second-order valence-corrected chi connectivity index (χ2v) is 6.21. The Balaban J connectivity index is 1.99. The molecule has 0 spiro atoms. The summed E-state index contributed by atoms with van der Waals surface area (Å²) in [6, 6.07) is 5.68. The molecule has 20 heavy (non-hydrogen) atoms. The molecule has 1 unspecified atom stereocenters. The Morgan fingerprint density at radius 2 is 2.10 bits per heavy atom. The highest BCUT2D eigenvalue weighted by atomic mass is 79.9. The van der Waals surface area contributed by atoms with E-state index < -0.39 is 11.7 Å². The third kappa shape index (κ3) is 4.48. The van der Waals surface area contributed by atoms with Gasteiger partial charge in [0.1, 0.15) is 0 Å². The monoisotopic (exact) mass is 349 g/mol. The van der Waals surface area contributed by atoms with Crippen molar-refractivity contribution in [2.24, 2.45) is 5.92 Å². The van der Waals surface area contributed by atoms with Crippen molar-refractivity contribution in [1.82, 2.24) is 4.90 Å². The normalized spacial score (nSPS) is 21.1. The molecule has 1 aliphatic heterocycles. The maximum Gasteiger partial charge on any atom is 0.416 e. The van der Waals surface area contributed by atoms with Gasteiger partial charge in [0.05, 0.1) is 5.56 Å². The largest absolute Gasteiger partial charge is 0.416 e. The molecule has 5 heteroatoms. The van der Waals surface area contributed by atoms with Crippen molar-refractivity contribution >= 4 is 15.9 Å². The van der Waals surface area contributed by atoms with Gasteiger partial charge in [-0.05, 0) is 43.4 Å². The topological polar surface area (TPSA) is 3.24 Å². The SMILES string of the molecule is FC(F)(F)c1cccc(CN2CCCC(CCBr)C2)c1. The molecule has 1 atom stereocenters. The van der Waals surface area contributed by atoms with E-state index in [9.17, 15) is 13.2 Å². The zero-order chi connectivity index (χ0) is 14.6. The Labute approximate surface area is 126 Å². The highest BCUT2D eigenvalue weighted by molar-refractivity contribution is 9.09. The van der Waals surface area contributed by atoms with E-state index in [0.29, 0.717) is 12.5 Å². The molecule has 1 heterocycles. The number of piperidine rings is 1. The van der Waals surface area contributed by atoms with Crippen LogP contribution in [0.3, 0.4) is 0 Å². The summed E-state index contributed by atoms with van der Waals surface area (Å²) in [7, 11) is 0. The van der Waals surface area contributed by atoms with E-state index in [4.69, 9.17) is 0 Å². The van der Waals surface area contributed by atoms with Crippen molar-refractivity contribution in [2.75, 3.05) is 18.4 Å². The van der Waals surface area contributed by atoms with Crippen molar-refractivity contribution in [3.63, 3.8) is 0 Å². The minimum Gasteiger partial charge on any atom is -0.299 e. The molecule has 0 saturated carbocycles. The third-order valence-electron chi connectivity index (χ3n) is 3.78. The Bertz CT molecular complexity index is 431. The minimum atomic E-state index is -4.25. The van der Waals surface area contributed by atoms with Gasteiger partial charge >= 0.3 is 6.18 Å². The van der Waals surface area contributed by atoms with Gasteiger partial charge in [-0.3, -0.25) is 4.90 Å². The van der Waals surface area contributed by atoms with Gasteiger partial charge in [-0.2, -0.15) is 13.2 Å². The van der Waals surface area contributed by atoms with Gasteiger partial charge in [-0.25, -0.2) is 0 Å². The molecule has 0 bridgehead atoms. The fourth-order valence-corrected chi connectivity index (χ4v) is 3.44. The first kappa shape index (κ1) is 15.8. The van der Waals surface area contributed by atoms with Crippen molar-refractivity contribution < 1.29 is 13.2 Å². The number of likely N-dealkylation sites (tertiary alicyclic amines) is 1. The summed E-state index contributed by atoms with van der Waals surface area (Å²) in [6.07, 6.45) is -0.753. The van der Waals surface area contributed by atoms with Crippen LogP contribution in [0.1, 0.15) is 30.4 Å². The number of rotatable bonds is 4. The number of hydrogen-bond acceptors (Lipinski definition) is 1. The van der Waals surface area contributed by atoms with Crippen molar-refractivity contribution in [3.05, 3.63) is 35.4 Å². The Morgan fingerprint density at radius 1 is 1.30 bits per heavy atom. The molecular formula is C15H19BrF3N. The van der Waals surface area contributed by atoms with Crippen LogP contribution in [-0.2, 0) is 12.7 Å². The lowest BCUT2D eigenvalue weighted by molar-refractivity contribution is -0.137. The van der Waals surface area contributed by atoms with E-state index in [2.05, 4.69) is 20.8 Å². The van der Waals surface area contributed by atoms with Crippen LogP contribution < -0.4 is 0 Å². The van der Waals surface area contributed by atoms with Crippen molar-refractivity contribution in [2.45, 2.75) is 32.0 Å². The summed E-state index contributed by atoms with van der Waals surface area (Å²) < 4.78 is 38.1. The summed E-state index contributed by atoms with van der Waals surface area (Å²) in [4.78, 5) is 2.27. The summed E-state index contributed by atoms with van der Waals surface area (Å²) in [5, 5.41) is 0.995. The minimum absolute atomic E-state index is 0.552. The fourth-order valence-electron chi connectivity index (χ4n) is 2.79. The molecule has 112 valence electrons. The first-order valence-corrected chi connectivity index (χ1v) is 8.05. The van der Waals surface area contributed by atoms with Crippen LogP contribution in [0.15, 0.2) is 24.3 Å². The van der Waals surface area contributed by atoms with Gasteiger partial charge in [0.25, 0.3) is 0 Å². The maximum atomic E-state index is 12.7. The number of halogens is 4. The number of hydrogen-bond donors (Lipinski definition) is 0.